The largest absolute Gasteiger partial charge is 0.314 e. The quantitative estimate of drug-likeness (QED) is 0.863. The van der Waals surface area contributed by atoms with E-state index in [1.54, 1.807) is 4.68 Å². The van der Waals surface area contributed by atoms with Crippen molar-refractivity contribution < 1.29 is 0 Å². The molecule has 1 N–H and O–H groups in total. The van der Waals surface area contributed by atoms with Gasteiger partial charge >= 0.3 is 0 Å². The number of nitrogens with one attached hydrogen (secondary N) is 1. The van der Waals surface area contributed by atoms with Gasteiger partial charge < -0.3 is 5.32 Å². The van der Waals surface area contributed by atoms with E-state index in [0.717, 1.165) is 36.4 Å². The summed E-state index contributed by atoms with van der Waals surface area (Å²) in [5.41, 5.74) is 1.13. The first-order chi connectivity index (χ1) is 8.79. The lowest BCUT2D eigenvalue weighted by Crippen LogP contribution is -2.34. The number of aryl methyl sites for hydroxylation is 1. The predicted octanol–water partition coefficient (Wildman–Crippen LogP) is 1.77. The highest BCUT2D eigenvalue weighted by Crippen LogP contribution is 2.57. The molecule has 3 unspecified atom stereocenters. The minimum Gasteiger partial charge on any atom is -0.314 e. The van der Waals surface area contributed by atoms with Gasteiger partial charge in [0.25, 0.3) is 0 Å². The first kappa shape index (κ1) is 12.2. The van der Waals surface area contributed by atoms with Gasteiger partial charge in [-0.15, -0.1) is 5.10 Å². The van der Waals surface area contributed by atoms with Gasteiger partial charge in [-0.2, -0.15) is 0 Å². The van der Waals surface area contributed by atoms with E-state index >= 15 is 0 Å². The monoisotopic (exact) mass is 248 g/mol. The van der Waals surface area contributed by atoms with Crippen LogP contribution < -0.4 is 5.32 Å². The molecular formula is C14H24N4. The van der Waals surface area contributed by atoms with Gasteiger partial charge in [-0.25, -0.2) is 0 Å². The van der Waals surface area contributed by atoms with E-state index in [0.29, 0.717) is 6.04 Å². The number of likely N-dealkylation sites (N-methyl/N-ethyl adjacent to an activating group) is 1. The van der Waals surface area contributed by atoms with E-state index in [4.69, 9.17) is 0 Å². The summed E-state index contributed by atoms with van der Waals surface area (Å²) in [6, 6.07) is 0.611. The molecule has 100 valence electrons. The number of fused-ring (bicyclic) bond motifs is 1. The molecule has 2 saturated carbocycles. The second kappa shape index (κ2) is 5.00. The van der Waals surface area contributed by atoms with Gasteiger partial charge in [0, 0.05) is 25.7 Å². The summed E-state index contributed by atoms with van der Waals surface area (Å²) < 4.78 is 1.80. The number of hydrogen-bond acceptors (Lipinski definition) is 3. The Balaban J connectivity index is 1.65. The highest BCUT2D eigenvalue weighted by Gasteiger charge is 2.53. The van der Waals surface area contributed by atoms with Crippen LogP contribution in [0.1, 0.15) is 38.3 Å². The summed E-state index contributed by atoms with van der Waals surface area (Å²) in [5, 5.41) is 12.0. The summed E-state index contributed by atoms with van der Waals surface area (Å²) >= 11 is 0. The van der Waals surface area contributed by atoms with Gasteiger partial charge in [0.15, 0.2) is 0 Å². The maximum atomic E-state index is 4.24. The van der Waals surface area contributed by atoms with Crippen molar-refractivity contribution >= 4 is 0 Å². The van der Waals surface area contributed by atoms with Crippen molar-refractivity contribution in [2.45, 2.75) is 45.1 Å². The molecule has 0 spiro atoms. The van der Waals surface area contributed by atoms with Crippen LogP contribution in [0, 0.1) is 17.8 Å². The lowest BCUT2D eigenvalue weighted by molar-refractivity contribution is 0.434. The fourth-order valence-electron chi connectivity index (χ4n) is 3.97. The number of aromatic nitrogens is 3. The molecule has 1 aromatic rings. The predicted molar refractivity (Wildman–Crippen MR) is 71.1 cm³/mol. The highest BCUT2D eigenvalue weighted by atomic mass is 15.4. The molecule has 1 aromatic heterocycles. The molecule has 0 aromatic carbocycles. The molecule has 0 amide bonds. The highest BCUT2D eigenvalue weighted by molar-refractivity contribution is 5.08. The van der Waals surface area contributed by atoms with Crippen molar-refractivity contribution in [1.82, 2.24) is 20.3 Å². The van der Waals surface area contributed by atoms with Crippen LogP contribution in [0.4, 0.5) is 0 Å². The standard InChI is InChI=1S/C14H24N4/c1-3-15-13(8-10-9-18(2)17-16-10)14-11-6-4-5-7-12(11)14/h9,11-15H,3-8H2,1-2H3. The van der Waals surface area contributed by atoms with Crippen molar-refractivity contribution in [3.63, 3.8) is 0 Å². The molecule has 2 aliphatic carbocycles. The van der Waals surface area contributed by atoms with Crippen molar-refractivity contribution in [3.05, 3.63) is 11.9 Å². The minimum atomic E-state index is 0.611. The zero-order chi connectivity index (χ0) is 12.5. The Bertz CT molecular complexity index is 388. The lowest BCUT2D eigenvalue weighted by Gasteiger charge is -2.16. The number of rotatable bonds is 5. The van der Waals surface area contributed by atoms with Crippen LogP contribution in [0.15, 0.2) is 6.20 Å². The zero-order valence-corrected chi connectivity index (χ0v) is 11.5. The Kier molecular flexibility index (Phi) is 3.37. The first-order valence-electron chi connectivity index (χ1n) is 7.38. The number of nitrogens with zero attached hydrogens (tertiary/aromatic N) is 3. The topological polar surface area (TPSA) is 42.7 Å². The van der Waals surface area contributed by atoms with E-state index in [9.17, 15) is 0 Å². The van der Waals surface area contributed by atoms with Gasteiger partial charge in [0.1, 0.15) is 0 Å². The summed E-state index contributed by atoms with van der Waals surface area (Å²) in [5.74, 6) is 2.90. The molecule has 0 saturated heterocycles. The SMILES string of the molecule is CCNC(Cc1cn(C)nn1)C1C2CCCCC21. The van der Waals surface area contributed by atoms with Gasteiger partial charge in [-0.3, -0.25) is 4.68 Å². The maximum Gasteiger partial charge on any atom is 0.0842 e. The van der Waals surface area contributed by atoms with Gasteiger partial charge in [-0.1, -0.05) is 25.0 Å². The fraction of sp³-hybridized carbons (Fsp3) is 0.857. The first-order valence-corrected chi connectivity index (χ1v) is 7.38. The average molecular weight is 248 g/mol. The summed E-state index contributed by atoms with van der Waals surface area (Å²) in [6.45, 7) is 3.26. The van der Waals surface area contributed by atoms with Gasteiger partial charge in [0.05, 0.1) is 5.69 Å². The smallest absolute Gasteiger partial charge is 0.0842 e. The molecule has 3 atom stereocenters. The van der Waals surface area contributed by atoms with E-state index in [-0.39, 0.29) is 0 Å². The second-order valence-corrected chi connectivity index (χ2v) is 5.94. The van der Waals surface area contributed by atoms with Crippen LogP contribution in [0.5, 0.6) is 0 Å². The third kappa shape index (κ3) is 2.30. The Morgan fingerprint density at radius 2 is 2.11 bits per heavy atom. The third-order valence-corrected chi connectivity index (χ3v) is 4.73. The Labute approximate surface area is 109 Å². The van der Waals surface area contributed by atoms with Crippen LogP contribution in [0.25, 0.3) is 0 Å². The van der Waals surface area contributed by atoms with Gasteiger partial charge in [-0.05, 0) is 37.1 Å². The lowest BCUT2D eigenvalue weighted by atomic mass is 10.0. The molecular weight excluding hydrogens is 224 g/mol. The van der Waals surface area contributed by atoms with Crippen molar-refractivity contribution in [2.75, 3.05) is 6.54 Å². The maximum absolute atomic E-state index is 4.24. The van der Waals surface area contributed by atoms with E-state index in [2.05, 4.69) is 28.7 Å². The van der Waals surface area contributed by atoms with Crippen LogP contribution in [-0.4, -0.2) is 27.6 Å². The van der Waals surface area contributed by atoms with Crippen LogP contribution in [0.2, 0.25) is 0 Å². The Morgan fingerprint density at radius 1 is 1.39 bits per heavy atom. The molecule has 4 heteroatoms. The average Bonchev–Trinajstić information content (AvgIpc) is 2.96. The fourth-order valence-corrected chi connectivity index (χ4v) is 3.97. The molecule has 1 heterocycles. The summed E-state index contributed by atoms with van der Waals surface area (Å²) in [4.78, 5) is 0. The molecule has 2 fully saturated rings. The molecule has 0 radical (unpaired) electrons. The van der Waals surface area contributed by atoms with Crippen molar-refractivity contribution in [1.29, 1.82) is 0 Å². The molecule has 0 bridgehead atoms. The normalized spacial score (nSPS) is 32.0. The van der Waals surface area contributed by atoms with Crippen molar-refractivity contribution in [3.8, 4) is 0 Å². The second-order valence-electron chi connectivity index (χ2n) is 5.94. The number of hydrogen-bond donors (Lipinski definition) is 1. The molecule has 3 rings (SSSR count). The van der Waals surface area contributed by atoms with Crippen LogP contribution >= 0.6 is 0 Å². The van der Waals surface area contributed by atoms with Crippen LogP contribution in [0.3, 0.4) is 0 Å². The molecule has 4 nitrogen and oxygen atoms in total. The van der Waals surface area contributed by atoms with Gasteiger partial charge in [0.2, 0.25) is 0 Å². The summed E-state index contributed by atoms with van der Waals surface area (Å²) in [6.07, 6.45) is 8.90. The Hall–Kier alpha value is -0.900. The summed E-state index contributed by atoms with van der Waals surface area (Å²) in [7, 11) is 1.94. The molecule has 18 heavy (non-hydrogen) atoms. The van der Waals surface area contributed by atoms with E-state index in [1.165, 1.54) is 25.7 Å². The third-order valence-electron chi connectivity index (χ3n) is 4.73. The van der Waals surface area contributed by atoms with E-state index in [1.807, 2.05) is 7.05 Å². The van der Waals surface area contributed by atoms with Crippen LogP contribution in [-0.2, 0) is 13.5 Å². The van der Waals surface area contributed by atoms with Crippen molar-refractivity contribution in [2.24, 2.45) is 24.8 Å². The van der Waals surface area contributed by atoms with E-state index < -0.39 is 0 Å². The zero-order valence-electron chi connectivity index (χ0n) is 11.5. The Morgan fingerprint density at radius 3 is 2.67 bits per heavy atom. The molecule has 0 aliphatic heterocycles. The minimum absolute atomic E-state index is 0.611. The molecule has 2 aliphatic rings.